The van der Waals surface area contributed by atoms with Crippen LogP contribution in [0, 0.1) is 0 Å². The molecule has 1 aliphatic rings. The Balaban J connectivity index is 2.18. The standard InChI is InChI=1S/C12H13ClN2O3S/c13-8-1-2-10-9(5-8)15(12(17)7-18-10)6-11(16)14-3-4-19/h1-2,5,19H,3-4,6-7H2,(H,14,16). The highest BCUT2D eigenvalue weighted by Gasteiger charge is 2.27. The van der Waals surface area contributed by atoms with Gasteiger partial charge >= 0.3 is 0 Å². The summed E-state index contributed by atoms with van der Waals surface area (Å²) in [6.07, 6.45) is 0. The first kappa shape index (κ1) is 14.0. The summed E-state index contributed by atoms with van der Waals surface area (Å²) in [7, 11) is 0. The lowest BCUT2D eigenvalue weighted by Gasteiger charge is -2.28. The van der Waals surface area contributed by atoms with Crippen molar-refractivity contribution >= 4 is 41.7 Å². The summed E-state index contributed by atoms with van der Waals surface area (Å²) < 4.78 is 5.29. The average molecular weight is 301 g/mol. The summed E-state index contributed by atoms with van der Waals surface area (Å²) >= 11 is 9.91. The van der Waals surface area contributed by atoms with Crippen LogP contribution in [0.5, 0.6) is 5.75 Å². The number of nitrogens with zero attached hydrogens (tertiary/aromatic N) is 1. The molecule has 5 nitrogen and oxygen atoms in total. The lowest BCUT2D eigenvalue weighted by atomic mass is 10.2. The van der Waals surface area contributed by atoms with E-state index in [1.165, 1.54) is 4.90 Å². The average Bonchev–Trinajstić information content (AvgIpc) is 2.40. The van der Waals surface area contributed by atoms with E-state index in [1.54, 1.807) is 18.2 Å². The molecule has 2 rings (SSSR count). The van der Waals surface area contributed by atoms with Crippen molar-refractivity contribution in [2.24, 2.45) is 0 Å². The van der Waals surface area contributed by atoms with Gasteiger partial charge in [-0.15, -0.1) is 0 Å². The molecule has 0 fully saturated rings. The van der Waals surface area contributed by atoms with Gasteiger partial charge in [-0.3, -0.25) is 14.5 Å². The quantitative estimate of drug-likeness (QED) is 0.819. The molecular formula is C12H13ClN2O3S. The van der Waals surface area contributed by atoms with Gasteiger partial charge in [-0.25, -0.2) is 0 Å². The van der Waals surface area contributed by atoms with Gasteiger partial charge in [0.1, 0.15) is 12.3 Å². The Morgan fingerprint density at radius 2 is 2.32 bits per heavy atom. The molecule has 0 unspecified atom stereocenters. The van der Waals surface area contributed by atoms with E-state index >= 15 is 0 Å². The molecule has 1 aliphatic heterocycles. The normalized spacial score (nSPS) is 13.8. The molecule has 0 aliphatic carbocycles. The third-order valence-corrected chi connectivity index (χ3v) is 3.06. The Morgan fingerprint density at radius 1 is 1.53 bits per heavy atom. The molecule has 102 valence electrons. The SMILES string of the molecule is O=C(CN1C(=O)COc2ccc(Cl)cc21)NCCS. The molecule has 2 amide bonds. The molecule has 7 heteroatoms. The van der Waals surface area contributed by atoms with E-state index in [0.29, 0.717) is 28.8 Å². The van der Waals surface area contributed by atoms with Gasteiger partial charge < -0.3 is 10.1 Å². The first-order chi connectivity index (χ1) is 9.11. The number of nitrogens with one attached hydrogen (secondary N) is 1. The second-order valence-electron chi connectivity index (χ2n) is 3.95. The van der Waals surface area contributed by atoms with Crippen LogP contribution in [0.3, 0.4) is 0 Å². The number of amides is 2. The van der Waals surface area contributed by atoms with Gasteiger partial charge in [0, 0.05) is 17.3 Å². The van der Waals surface area contributed by atoms with Gasteiger partial charge in [-0.1, -0.05) is 11.6 Å². The van der Waals surface area contributed by atoms with Crippen LogP contribution in [-0.2, 0) is 9.59 Å². The number of ether oxygens (including phenoxy) is 1. The van der Waals surface area contributed by atoms with E-state index in [4.69, 9.17) is 16.3 Å². The maximum Gasteiger partial charge on any atom is 0.265 e. The largest absolute Gasteiger partial charge is 0.482 e. The fourth-order valence-electron chi connectivity index (χ4n) is 1.74. The number of hydrogen-bond acceptors (Lipinski definition) is 4. The van der Waals surface area contributed by atoms with Crippen LogP contribution in [0.25, 0.3) is 0 Å². The lowest BCUT2D eigenvalue weighted by Crippen LogP contribution is -2.45. The van der Waals surface area contributed by atoms with E-state index in [-0.39, 0.29) is 25.0 Å². The Kier molecular flexibility index (Phi) is 4.55. The van der Waals surface area contributed by atoms with E-state index in [2.05, 4.69) is 17.9 Å². The number of benzene rings is 1. The van der Waals surface area contributed by atoms with Gasteiger partial charge in [0.15, 0.2) is 6.61 Å². The topological polar surface area (TPSA) is 58.6 Å². The highest BCUT2D eigenvalue weighted by atomic mass is 35.5. The number of halogens is 1. The van der Waals surface area contributed by atoms with Crippen molar-refractivity contribution < 1.29 is 14.3 Å². The molecule has 0 spiro atoms. The monoisotopic (exact) mass is 300 g/mol. The highest BCUT2D eigenvalue weighted by molar-refractivity contribution is 7.80. The molecule has 1 N–H and O–H groups in total. The summed E-state index contributed by atoms with van der Waals surface area (Å²) in [4.78, 5) is 24.9. The van der Waals surface area contributed by atoms with Crippen molar-refractivity contribution in [2.45, 2.75) is 0 Å². The summed E-state index contributed by atoms with van der Waals surface area (Å²) in [6.45, 7) is 0.334. The first-order valence-electron chi connectivity index (χ1n) is 5.72. The highest BCUT2D eigenvalue weighted by Crippen LogP contribution is 2.34. The summed E-state index contributed by atoms with van der Waals surface area (Å²) in [5, 5.41) is 3.15. The Bertz CT molecular complexity index is 510. The molecule has 1 aromatic rings. The molecule has 0 saturated carbocycles. The molecule has 1 heterocycles. The minimum absolute atomic E-state index is 0.0523. The van der Waals surface area contributed by atoms with Crippen LogP contribution < -0.4 is 15.0 Å². The minimum Gasteiger partial charge on any atom is -0.482 e. The summed E-state index contributed by atoms with van der Waals surface area (Å²) in [5.41, 5.74) is 0.518. The fraction of sp³-hybridized carbons (Fsp3) is 0.333. The van der Waals surface area contributed by atoms with E-state index < -0.39 is 0 Å². The molecule has 0 bridgehead atoms. The second-order valence-corrected chi connectivity index (χ2v) is 4.84. The van der Waals surface area contributed by atoms with Crippen molar-refractivity contribution in [3.63, 3.8) is 0 Å². The van der Waals surface area contributed by atoms with Gasteiger partial charge in [0.05, 0.1) is 5.69 Å². The zero-order valence-electron chi connectivity index (χ0n) is 10.1. The molecule has 0 atom stereocenters. The Hall–Kier alpha value is -1.40. The number of rotatable bonds is 4. The first-order valence-corrected chi connectivity index (χ1v) is 6.73. The van der Waals surface area contributed by atoms with Crippen molar-refractivity contribution in [1.82, 2.24) is 5.32 Å². The minimum atomic E-state index is -0.268. The maximum absolute atomic E-state index is 11.8. The molecule has 1 aromatic carbocycles. The van der Waals surface area contributed by atoms with Crippen LogP contribution in [0.4, 0.5) is 5.69 Å². The van der Waals surface area contributed by atoms with Crippen molar-refractivity contribution in [2.75, 3.05) is 30.3 Å². The number of fused-ring (bicyclic) bond motifs is 1. The number of carbonyl (C=O) groups is 2. The van der Waals surface area contributed by atoms with Crippen LogP contribution in [0.1, 0.15) is 0 Å². The Labute approximate surface area is 121 Å². The van der Waals surface area contributed by atoms with Gasteiger partial charge in [0.25, 0.3) is 5.91 Å². The van der Waals surface area contributed by atoms with Crippen LogP contribution in [0.2, 0.25) is 5.02 Å². The summed E-state index contributed by atoms with van der Waals surface area (Å²) in [5.74, 6) is 0.586. The van der Waals surface area contributed by atoms with Crippen LogP contribution >= 0.6 is 24.2 Å². The van der Waals surface area contributed by atoms with Crippen molar-refractivity contribution in [3.05, 3.63) is 23.2 Å². The zero-order chi connectivity index (χ0) is 13.8. The molecule has 19 heavy (non-hydrogen) atoms. The van der Waals surface area contributed by atoms with E-state index in [0.717, 1.165) is 0 Å². The predicted octanol–water partition coefficient (Wildman–Crippen LogP) is 1.11. The predicted molar refractivity (Wildman–Crippen MR) is 76.2 cm³/mol. The third-order valence-electron chi connectivity index (χ3n) is 2.60. The number of thiol groups is 1. The zero-order valence-corrected chi connectivity index (χ0v) is 11.7. The smallest absolute Gasteiger partial charge is 0.265 e. The van der Waals surface area contributed by atoms with Crippen LogP contribution in [0.15, 0.2) is 18.2 Å². The Morgan fingerprint density at radius 3 is 3.05 bits per heavy atom. The summed E-state index contributed by atoms with van der Waals surface area (Å²) in [6, 6.07) is 4.97. The third kappa shape index (κ3) is 3.33. The fourth-order valence-corrected chi connectivity index (χ4v) is 2.02. The molecule has 0 radical (unpaired) electrons. The van der Waals surface area contributed by atoms with Crippen LogP contribution in [-0.4, -0.2) is 37.3 Å². The molecule has 0 aromatic heterocycles. The lowest BCUT2D eigenvalue weighted by molar-refractivity contribution is -0.125. The van der Waals surface area contributed by atoms with E-state index in [9.17, 15) is 9.59 Å². The molecular weight excluding hydrogens is 288 g/mol. The second kappa shape index (κ2) is 6.16. The van der Waals surface area contributed by atoms with Gasteiger partial charge in [0.2, 0.25) is 5.91 Å². The molecule has 0 saturated heterocycles. The number of hydrogen-bond donors (Lipinski definition) is 2. The van der Waals surface area contributed by atoms with Crippen molar-refractivity contribution in [1.29, 1.82) is 0 Å². The number of anilines is 1. The maximum atomic E-state index is 11.8. The van der Waals surface area contributed by atoms with Gasteiger partial charge in [-0.05, 0) is 18.2 Å². The number of carbonyl (C=O) groups excluding carboxylic acids is 2. The van der Waals surface area contributed by atoms with E-state index in [1.807, 2.05) is 0 Å². The van der Waals surface area contributed by atoms with Gasteiger partial charge in [-0.2, -0.15) is 12.6 Å². The van der Waals surface area contributed by atoms with Crippen molar-refractivity contribution in [3.8, 4) is 5.75 Å².